The van der Waals surface area contributed by atoms with Crippen molar-refractivity contribution in [3.05, 3.63) is 59.7 Å². The van der Waals surface area contributed by atoms with Gasteiger partial charge in [-0.05, 0) is 35.6 Å². The number of carbonyl (C=O) groups excluding carboxylic acids is 2. The van der Waals surface area contributed by atoms with E-state index < -0.39 is 11.6 Å². The molecule has 3 rings (SSSR count). The molecule has 1 atom stereocenters. The number of carbonyl (C=O) groups is 2. The Morgan fingerprint density at radius 2 is 1.77 bits per heavy atom. The van der Waals surface area contributed by atoms with E-state index in [1.54, 1.807) is 6.92 Å². The van der Waals surface area contributed by atoms with Gasteiger partial charge in [0.05, 0.1) is 5.54 Å². The summed E-state index contributed by atoms with van der Waals surface area (Å²) in [6, 6.07) is 16.3. The topological polar surface area (TPSA) is 55.4 Å². The van der Waals surface area contributed by atoms with Crippen molar-refractivity contribution in [1.29, 1.82) is 0 Å². The highest BCUT2D eigenvalue weighted by molar-refractivity contribution is 5.79. The minimum Gasteiger partial charge on any atom is -0.449 e. The maximum Gasteiger partial charge on any atom is 0.407 e. The molecule has 0 saturated carbocycles. The van der Waals surface area contributed by atoms with Gasteiger partial charge < -0.3 is 14.8 Å². The highest BCUT2D eigenvalue weighted by atomic mass is 16.5. The summed E-state index contributed by atoms with van der Waals surface area (Å²) in [7, 11) is 0. The predicted octanol–water partition coefficient (Wildman–Crippen LogP) is 3.90. The maximum atomic E-state index is 12.2. The van der Waals surface area contributed by atoms with Crippen molar-refractivity contribution < 1.29 is 14.3 Å². The molecule has 0 fully saturated rings. The smallest absolute Gasteiger partial charge is 0.407 e. The van der Waals surface area contributed by atoms with E-state index in [1.807, 2.05) is 24.3 Å². The van der Waals surface area contributed by atoms with Crippen molar-refractivity contribution in [3.63, 3.8) is 0 Å². The summed E-state index contributed by atoms with van der Waals surface area (Å²) >= 11 is 0. The van der Waals surface area contributed by atoms with Gasteiger partial charge in [0.15, 0.2) is 0 Å². The molecular weight excluding hydrogens is 326 g/mol. The molecule has 26 heavy (non-hydrogen) atoms. The zero-order valence-corrected chi connectivity index (χ0v) is 14.7. The van der Waals surface area contributed by atoms with Crippen molar-refractivity contribution in [2.24, 2.45) is 0 Å². The first-order chi connectivity index (χ1) is 12.6. The average molecular weight is 347 g/mol. The maximum absolute atomic E-state index is 12.2. The monoisotopic (exact) mass is 347 g/mol. The van der Waals surface area contributed by atoms with Crippen molar-refractivity contribution in [2.75, 3.05) is 6.61 Å². The number of rotatable bonds is 6. The van der Waals surface area contributed by atoms with E-state index in [0.29, 0.717) is 19.1 Å². The van der Waals surface area contributed by atoms with Crippen LogP contribution in [0.3, 0.4) is 0 Å². The van der Waals surface area contributed by atoms with Crippen molar-refractivity contribution >= 4 is 12.4 Å². The van der Waals surface area contributed by atoms with Gasteiger partial charge in [-0.15, -0.1) is 12.3 Å². The van der Waals surface area contributed by atoms with Crippen molar-refractivity contribution in [1.82, 2.24) is 5.32 Å². The molecule has 0 bridgehead atoms. The van der Waals surface area contributed by atoms with E-state index in [-0.39, 0.29) is 12.5 Å². The van der Waals surface area contributed by atoms with Crippen LogP contribution in [0.2, 0.25) is 0 Å². The van der Waals surface area contributed by atoms with Gasteiger partial charge in [0.2, 0.25) is 0 Å². The Balaban J connectivity index is 1.71. The Kier molecular flexibility index (Phi) is 5.09. The van der Waals surface area contributed by atoms with E-state index in [1.165, 1.54) is 11.1 Å². The Labute approximate surface area is 153 Å². The van der Waals surface area contributed by atoms with Crippen molar-refractivity contribution in [3.8, 4) is 23.5 Å². The molecule has 0 spiro atoms. The third-order valence-corrected chi connectivity index (χ3v) is 4.78. The largest absolute Gasteiger partial charge is 0.449 e. The fourth-order valence-corrected chi connectivity index (χ4v) is 3.35. The number of aldehydes is 1. The summed E-state index contributed by atoms with van der Waals surface area (Å²) in [6.07, 6.45) is 6.10. The number of nitrogens with one attached hydrogen (secondary N) is 1. The van der Waals surface area contributed by atoms with Crippen LogP contribution in [0.5, 0.6) is 0 Å². The molecule has 1 aliphatic carbocycles. The molecule has 0 heterocycles. The van der Waals surface area contributed by atoms with Crippen LogP contribution in [0, 0.1) is 12.3 Å². The fraction of sp³-hybridized carbons (Fsp3) is 0.273. The van der Waals surface area contributed by atoms with Crippen LogP contribution >= 0.6 is 0 Å². The molecule has 1 amide bonds. The fourth-order valence-electron chi connectivity index (χ4n) is 3.35. The minimum atomic E-state index is -1.02. The molecule has 1 aliphatic rings. The number of ether oxygens (including phenoxy) is 1. The van der Waals surface area contributed by atoms with Gasteiger partial charge >= 0.3 is 6.09 Å². The quantitative estimate of drug-likeness (QED) is 0.637. The van der Waals surface area contributed by atoms with Gasteiger partial charge in [0, 0.05) is 12.3 Å². The third-order valence-electron chi connectivity index (χ3n) is 4.78. The molecule has 1 N–H and O–H groups in total. The molecule has 0 aromatic heterocycles. The van der Waals surface area contributed by atoms with Crippen LogP contribution in [-0.4, -0.2) is 24.5 Å². The number of terminal acetylenes is 1. The number of benzene rings is 2. The lowest BCUT2D eigenvalue weighted by atomic mass is 9.98. The van der Waals surface area contributed by atoms with E-state index >= 15 is 0 Å². The second-order valence-corrected chi connectivity index (χ2v) is 6.69. The number of fused-ring (bicyclic) bond motifs is 3. The van der Waals surface area contributed by atoms with E-state index in [4.69, 9.17) is 11.2 Å². The summed E-state index contributed by atoms with van der Waals surface area (Å²) in [5.41, 5.74) is 3.61. The second-order valence-electron chi connectivity index (χ2n) is 6.69. The molecule has 2 aromatic rings. The molecule has 0 radical (unpaired) electrons. The lowest BCUT2D eigenvalue weighted by Gasteiger charge is -2.24. The Morgan fingerprint density at radius 1 is 1.19 bits per heavy atom. The molecule has 0 saturated heterocycles. The minimum absolute atomic E-state index is 0.0126. The normalized spacial score (nSPS) is 14.5. The third kappa shape index (κ3) is 3.48. The van der Waals surface area contributed by atoms with Crippen LogP contribution in [0.15, 0.2) is 48.5 Å². The first kappa shape index (κ1) is 17.8. The molecule has 4 heteroatoms. The molecule has 2 aromatic carbocycles. The molecular formula is C22H21NO3. The SMILES string of the molecule is C#CCC[C@](C)(C=O)NC(=O)OCC1c2ccccc2-c2ccccc21. The summed E-state index contributed by atoms with van der Waals surface area (Å²) in [6.45, 7) is 1.85. The van der Waals surface area contributed by atoms with Crippen LogP contribution in [0.4, 0.5) is 4.79 Å². The lowest BCUT2D eigenvalue weighted by Crippen LogP contribution is -2.47. The average Bonchev–Trinajstić information content (AvgIpc) is 2.99. The summed E-state index contributed by atoms with van der Waals surface area (Å²) < 4.78 is 5.46. The molecule has 0 aliphatic heterocycles. The van der Waals surface area contributed by atoms with Gasteiger partial charge in [-0.1, -0.05) is 48.5 Å². The number of amides is 1. The van der Waals surface area contributed by atoms with Gasteiger partial charge in [-0.25, -0.2) is 4.79 Å². The summed E-state index contributed by atoms with van der Waals surface area (Å²) in [4.78, 5) is 23.5. The predicted molar refractivity (Wildman–Crippen MR) is 101 cm³/mol. The van der Waals surface area contributed by atoms with Gasteiger partial charge in [0.25, 0.3) is 0 Å². The van der Waals surface area contributed by atoms with Gasteiger partial charge in [-0.3, -0.25) is 0 Å². The van der Waals surface area contributed by atoms with Crippen LogP contribution in [0.25, 0.3) is 11.1 Å². The number of hydrogen-bond acceptors (Lipinski definition) is 3. The zero-order chi connectivity index (χ0) is 18.6. The van der Waals surface area contributed by atoms with Crippen LogP contribution in [-0.2, 0) is 9.53 Å². The zero-order valence-electron chi connectivity index (χ0n) is 14.7. The standard InChI is InChI=1S/C22H21NO3/c1-3-4-13-22(2,15-24)23-21(25)26-14-20-18-11-7-5-9-16(18)17-10-6-8-12-19(17)20/h1,5-12,15,20H,4,13-14H2,2H3,(H,23,25)/t22-/m1/s1. The molecule has 4 nitrogen and oxygen atoms in total. The van der Waals surface area contributed by atoms with Crippen LogP contribution in [0.1, 0.15) is 36.8 Å². The van der Waals surface area contributed by atoms with E-state index in [0.717, 1.165) is 11.1 Å². The Hall–Kier alpha value is -3.06. The Bertz CT molecular complexity index is 822. The lowest BCUT2D eigenvalue weighted by molar-refractivity contribution is -0.112. The van der Waals surface area contributed by atoms with E-state index in [9.17, 15) is 9.59 Å². The van der Waals surface area contributed by atoms with Crippen LogP contribution < -0.4 is 5.32 Å². The highest BCUT2D eigenvalue weighted by Gasteiger charge is 2.30. The summed E-state index contributed by atoms with van der Waals surface area (Å²) in [5, 5.41) is 2.63. The van der Waals surface area contributed by atoms with Gasteiger partial charge in [-0.2, -0.15) is 0 Å². The molecule has 0 unspecified atom stereocenters. The highest BCUT2D eigenvalue weighted by Crippen LogP contribution is 2.44. The van der Waals surface area contributed by atoms with Gasteiger partial charge in [0.1, 0.15) is 12.9 Å². The number of hydrogen-bond donors (Lipinski definition) is 1. The second kappa shape index (κ2) is 7.45. The molecule has 132 valence electrons. The summed E-state index contributed by atoms with van der Waals surface area (Å²) in [5.74, 6) is 2.47. The van der Waals surface area contributed by atoms with Crippen molar-refractivity contribution in [2.45, 2.75) is 31.2 Å². The number of alkyl carbamates (subject to hydrolysis) is 1. The van der Waals surface area contributed by atoms with E-state index in [2.05, 4.69) is 35.5 Å². The first-order valence-corrected chi connectivity index (χ1v) is 8.61. The first-order valence-electron chi connectivity index (χ1n) is 8.61. The Morgan fingerprint density at radius 3 is 2.31 bits per heavy atom.